The molecule has 0 bridgehead atoms. The summed E-state index contributed by atoms with van der Waals surface area (Å²) in [5.41, 5.74) is 4.56. The lowest BCUT2D eigenvalue weighted by atomic mass is 10.1. The molecule has 0 spiro atoms. The molecule has 2 aliphatic heterocycles. The number of nitrogens with one attached hydrogen (secondary N) is 3. The van der Waals surface area contributed by atoms with Gasteiger partial charge in [0.25, 0.3) is 0 Å². The number of rotatable bonds is 7. The molecule has 1 aromatic heterocycles. The zero-order valence-corrected chi connectivity index (χ0v) is 16.8. The molecule has 0 unspecified atom stereocenters. The molecule has 1 fully saturated rings. The second-order valence-corrected chi connectivity index (χ2v) is 6.93. The van der Waals surface area contributed by atoms with E-state index in [-0.39, 0.29) is 11.7 Å². The molecule has 158 valence electrons. The Morgan fingerprint density at radius 3 is 2.77 bits per heavy atom. The van der Waals surface area contributed by atoms with Crippen LogP contribution in [0.1, 0.15) is 0 Å². The zero-order chi connectivity index (χ0) is 21.3. The zero-order valence-electron chi connectivity index (χ0n) is 16.8. The van der Waals surface area contributed by atoms with E-state index in [2.05, 4.69) is 26.1 Å². The number of aliphatic carboxylic acids is 1. The first-order chi connectivity index (χ1) is 14.5. The third-order valence-corrected chi connectivity index (χ3v) is 4.72. The second-order valence-electron chi connectivity index (χ2n) is 6.93. The normalized spacial score (nSPS) is 16.5. The minimum atomic E-state index is -1.09. The van der Waals surface area contributed by atoms with E-state index in [1.807, 2.05) is 12.1 Å². The summed E-state index contributed by atoms with van der Waals surface area (Å²) in [5, 5.41) is 22.1. The van der Waals surface area contributed by atoms with Gasteiger partial charge in [0.15, 0.2) is 17.3 Å². The predicted molar refractivity (Wildman–Crippen MR) is 108 cm³/mol. The Morgan fingerprint density at radius 1 is 1.37 bits per heavy atom. The van der Waals surface area contributed by atoms with Gasteiger partial charge in [0, 0.05) is 20.2 Å². The van der Waals surface area contributed by atoms with Crippen LogP contribution in [0.2, 0.25) is 0 Å². The lowest BCUT2D eigenvalue weighted by molar-refractivity contribution is -0.133. The van der Waals surface area contributed by atoms with Crippen molar-refractivity contribution in [3.05, 3.63) is 47.8 Å². The number of allylic oxidation sites excluding steroid dienone is 1. The molecule has 11 nitrogen and oxygen atoms in total. The van der Waals surface area contributed by atoms with Gasteiger partial charge in [-0.3, -0.25) is 15.1 Å². The van der Waals surface area contributed by atoms with Gasteiger partial charge in [-0.2, -0.15) is 5.10 Å². The number of benzene rings is 1. The molecule has 0 aliphatic carbocycles. The van der Waals surface area contributed by atoms with Crippen molar-refractivity contribution in [1.29, 1.82) is 0 Å². The molecule has 4 rings (SSSR count). The number of hydrazine groups is 1. The Labute approximate surface area is 173 Å². The summed E-state index contributed by atoms with van der Waals surface area (Å²) in [6, 6.07) is 5.66. The van der Waals surface area contributed by atoms with Crippen LogP contribution in [0.4, 0.5) is 5.69 Å². The number of nitrogens with zero attached hydrogens (tertiary/aromatic N) is 4. The molecular weight excluding hydrogens is 390 g/mol. The molecule has 4 N–H and O–H groups in total. The number of methoxy groups -OCH3 is 1. The number of carbonyl (C=O) groups is 1. The highest BCUT2D eigenvalue weighted by Gasteiger charge is 2.27. The van der Waals surface area contributed by atoms with E-state index in [0.29, 0.717) is 41.7 Å². The van der Waals surface area contributed by atoms with Crippen LogP contribution in [0.25, 0.3) is 11.4 Å². The van der Waals surface area contributed by atoms with Crippen LogP contribution < -0.4 is 20.8 Å². The molecule has 0 atom stereocenters. The fourth-order valence-corrected chi connectivity index (χ4v) is 3.16. The Bertz CT molecular complexity index is 1030. The van der Waals surface area contributed by atoms with Crippen molar-refractivity contribution in [1.82, 2.24) is 30.5 Å². The monoisotopic (exact) mass is 413 g/mol. The topological polar surface area (TPSA) is 126 Å². The van der Waals surface area contributed by atoms with Crippen molar-refractivity contribution < 1.29 is 19.4 Å². The van der Waals surface area contributed by atoms with Gasteiger partial charge in [-0.1, -0.05) is 6.07 Å². The van der Waals surface area contributed by atoms with Gasteiger partial charge in [-0.05, 0) is 12.1 Å². The minimum absolute atomic E-state index is 0.0105. The average Bonchev–Trinajstić information content (AvgIpc) is 3.12. The lowest BCUT2D eigenvalue weighted by Gasteiger charge is -2.35. The first kappa shape index (κ1) is 19.6. The second kappa shape index (κ2) is 7.95. The van der Waals surface area contributed by atoms with Gasteiger partial charge >= 0.3 is 5.97 Å². The van der Waals surface area contributed by atoms with Crippen molar-refractivity contribution in [3.8, 4) is 17.1 Å². The van der Waals surface area contributed by atoms with E-state index in [0.717, 1.165) is 5.82 Å². The molecule has 11 heteroatoms. The van der Waals surface area contributed by atoms with Crippen LogP contribution in [-0.2, 0) is 16.6 Å². The van der Waals surface area contributed by atoms with E-state index < -0.39 is 5.97 Å². The molecule has 30 heavy (non-hydrogen) atoms. The Balaban J connectivity index is 1.70. The first-order valence-electron chi connectivity index (χ1n) is 9.30. The number of aromatic nitrogens is 3. The number of para-hydroxylation sites is 1. The van der Waals surface area contributed by atoms with Gasteiger partial charge in [-0.15, -0.1) is 0 Å². The molecule has 0 amide bonds. The summed E-state index contributed by atoms with van der Waals surface area (Å²) in [6.45, 7) is 1.22. The number of ether oxygens (including phenoxy) is 2. The van der Waals surface area contributed by atoms with Crippen molar-refractivity contribution in [2.45, 2.75) is 6.04 Å². The number of anilines is 1. The third kappa shape index (κ3) is 3.74. The van der Waals surface area contributed by atoms with E-state index in [4.69, 9.17) is 9.47 Å². The maximum absolute atomic E-state index is 11.8. The fraction of sp³-hybridized carbons (Fsp3) is 0.316. The quantitative estimate of drug-likeness (QED) is 0.509. The van der Waals surface area contributed by atoms with Gasteiger partial charge in [0.2, 0.25) is 0 Å². The van der Waals surface area contributed by atoms with Crippen LogP contribution >= 0.6 is 0 Å². The first-order valence-corrected chi connectivity index (χ1v) is 9.30. The molecule has 0 radical (unpaired) electrons. The van der Waals surface area contributed by atoms with Crippen molar-refractivity contribution in [3.63, 3.8) is 0 Å². The summed E-state index contributed by atoms with van der Waals surface area (Å²) in [4.78, 5) is 16.1. The van der Waals surface area contributed by atoms with Gasteiger partial charge < -0.3 is 25.2 Å². The van der Waals surface area contributed by atoms with Gasteiger partial charge in [0.1, 0.15) is 12.1 Å². The van der Waals surface area contributed by atoms with Crippen molar-refractivity contribution >= 4 is 11.7 Å². The maximum atomic E-state index is 11.8. The molecule has 2 aliphatic rings. The number of carboxylic acids is 1. The average molecular weight is 413 g/mol. The maximum Gasteiger partial charge on any atom is 0.355 e. The highest BCUT2D eigenvalue weighted by molar-refractivity contribution is 5.89. The van der Waals surface area contributed by atoms with E-state index in [1.165, 1.54) is 0 Å². The van der Waals surface area contributed by atoms with E-state index in [9.17, 15) is 9.90 Å². The number of hydrogen-bond donors (Lipinski definition) is 4. The molecule has 1 aromatic carbocycles. The molecular formula is C19H23N7O4. The Kier molecular flexibility index (Phi) is 5.19. The summed E-state index contributed by atoms with van der Waals surface area (Å²) in [6.07, 6.45) is 3.34. The highest BCUT2D eigenvalue weighted by Crippen LogP contribution is 2.36. The number of carboxylic acid groups (broad SMARTS) is 1. The summed E-state index contributed by atoms with van der Waals surface area (Å²) < 4.78 is 12.4. The van der Waals surface area contributed by atoms with Crippen LogP contribution in [0.5, 0.6) is 5.75 Å². The molecule has 0 saturated carbocycles. The fourth-order valence-electron chi connectivity index (χ4n) is 3.16. The lowest BCUT2D eigenvalue weighted by Crippen LogP contribution is -2.52. The van der Waals surface area contributed by atoms with E-state index >= 15 is 0 Å². The number of aryl methyl sites for hydroxylation is 1. The SMILES string of the molecule is COc1c(NC2=C(C(=O)O)NN(C)C(NC3COC3)=C2)cccc1-c1ncn(C)n1. The van der Waals surface area contributed by atoms with Crippen LogP contribution in [0, 0.1) is 0 Å². The molecule has 2 aromatic rings. The van der Waals surface area contributed by atoms with E-state index in [1.54, 1.807) is 49.4 Å². The molecule has 1 saturated heterocycles. The standard InChI is InChI=1S/C19H23N7O4/c1-25-10-20-18(24-25)12-5-4-6-13(17(12)29-3)22-14-7-15(21-11-8-30-9-11)26(2)23-16(14)19(27)28/h4-7,10-11,21-23H,8-9H2,1-3H3,(H,27,28). The highest BCUT2D eigenvalue weighted by atomic mass is 16.5. The third-order valence-electron chi connectivity index (χ3n) is 4.72. The number of hydrogen-bond acceptors (Lipinski definition) is 9. The molecule has 3 heterocycles. The Hall–Kier alpha value is -3.73. The van der Waals surface area contributed by atoms with Crippen molar-refractivity contribution in [2.75, 3.05) is 32.7 Å². The summed E-state index contributed by atoms with van der Waals surface area (Å²) in [5.74, 6) is 0.649. The predicted octanol–water partition coefficient (Wildman–Crippen LogP) is 0.479. The van der Waals surface area contributed by atoms with Gasteiger partial charge in [-0.25, -0.2) is 9.78 Å². The van der Waals surface area contributed by atoms with Crippen LogP contribution in [-0.4, -0.2) is 64.3 Å². The van der Waals surface area contributed by atoms with Gasteiger partial charge in [0.05, 0.1) is 43.3 Å². The largest absolute Gasteiger partial charge is 0.494 e. The van der Waals surface area contributed by atoms with Crippen LogP contribution in [0.15, 0.2) is 47.8 Å². The summed E-state index contributed by atoms with van der Waals surface area (Å²) in [7, 11) is 5.07. The summed E-state index contributed by atoms with van der Waals surface area (Å²) >= 11 is 0. The van der Waals surface area contributed by atoms with Crippen molar-refractivity contribution in [2.24, 2.45) is 7.05 Å². The smallest absolute Gasteiger partial charge is 0.355 e. The Morgan fingerprint density at radius 2 is 2.17 bits per heavy atom. The van der Waals surface area contributed by atoms with Crippen LogP contribution in [0.3, 0.4) is 0 Å². The minimum Gasteiger partial charge on any atom is -0.494 e.